The molecule has 2 heterocycles. The second-order valence-electron chi connectivity index (χ2n) is 19.2. The van der Waals surface area contributed by atoms with Crippen molar-refractivity contribution in [2.45, 2.75) is 167 Å². The molecule has 0 aromatic carbocycles. The predicted molar refractivity (Wildman–Crippen MR) is 179 cm³/mol. The van der Waals surface area contributed by atoms with Crippen molar-refractivity contribution < 1.29 is 49.3 Å². The van der Waals surface area contributed by atoms with Gasteiger partial charge in [0.2, 0.25) is 0 Å². The van der Waals surface area contributed by atoms with Crippen LogP contribution in [0.1, 0.15) is 107 Å². The largest absolute Gasteiger partial charge is 0.457 e. The minimum absolute atomic E-state index is 0.0585. The fourth-order valence-corrected chi connectivity index (χ4v) is 14.2. The molecule has 11 heteroatoms. The number of rotatable bonds is 6. The Kier molecular flexibility index (Phi) is 8.42. The lowest BCUT2D eigenvalue weighted by molar-refractivity contribution is -0.303. The van der Waals surface area contributed by atoms with Gasteiger partial charge in [0.1, 0.15) is 23.9 Å². The summed E-state index contributed by atoms with van der Waals surface area (Å²) in [6.07, 6.45) is 0.610. The van der Waals surface area contributed by atoms with Gasteiger partial charge in [-0.1, -0.05) is 34.6 Å². The SMILES string of the molecule is CC(=O)O[C@@H]([C@H]1C[C@@H](C)C2C(O1)[C@@](O)(CN)[C@@]1(C)[C@@H]3CC[C@H]4C(C)(C)[C@@H](OC5OC[C@@H](O)[C@H](O)[C@H]5O)CC[C@@]45C[C@@]35CC[C@]21C)C(C)(C)O. The van der Waals surface area contributed by atoms with Gasteiger partial charge >= 0.3 is 5.97 Å². The number of hydrogen-bond acceptors (Lipinski definition) is 11. The molecule has 0 bridgehead atoms. The molecule has 0 aromatic heterocycles. The summed E-state index contributed by atoms with van der Waals surface area (Å²) in [5.41, 5.74) is 3.26. The average molecular weight is 694 g/mol. The molecule has 11 nitrogen and oxygen atoms in total. The predicted octanol–water partition coefficient (Wildman–Crippen LogP) is 2.66. The van der Waals surface area contributed by atoms with Crippen molar-refractivity contribution in [3.63, 3.8) is 0 Å². The number of carbonyl (C=O) groups excluding carboxylic acids is 1. The zero-order chi connectivity index (χ0) is 35.9. The topological polar surface area (TPSA) is 181 Å². The molecule has 2 aliphatic heterocycles. The van der Waals surface area contributed by atoms with Crippen molar-refractivity contribution in [3.05, 3.63) is 0 Å². The van der Waals surface area contributed by atoms with Crippen LogP contribution in [0.5, 0.6) is 0 Å². The summed E-state index contributed by atoms with van der Waals surface area (Å²) in [4.78, 5) is 12.2. The summed E-state index contributed by atoms with van der Waals surface area (Å²) in [6.45, 7) is 16.1. The summed E-state index contributed by atoms with van der Waals surface area (Å²) in [6, 6.07) is 0. The molecule has 0 amide bonds. The van der Waals surface area contributed by atoms with Gasteiger partial charge in [0, 0.05) is 18.9 Å². The van der Waals surface area contributed by atoms with Crippen molar-refractivity contribution in [1.82, 2.24) is 0 Å². The molecule has 17 atom stereocenters. The Bertz CT molecular complexity index is 1320. The van der Waals surface area contributed by atoms with Crippen LogP contribution in [0.15, 0.2) is 0 Å². The van der Waals surface area contributed by atoms with Crippen molar-refractivity contribution in [1.29, 1.82) is 0 Å². The third-order valence-electron chi connectivity index (χ3n) is 16.5. The Labute approximate surface area is 291 Å². The van der Waals surface area contributed by atoms with E-state index < -0.39 is 65.5 Å². The normalized spacial score (nSPS) is 55.2. The van der Waals surface area contributed by atoms with Crippen molar-refractivity contribution in [2.24, 2.45) is 56.5 Å². The van der Waals surface area contributed by atoms with E-state index in [1.54, 1.807) is 13.8 Å². The Hall–Kier alpha value is -0.890. The van der Waals surface area contributed by atoms with Gasteiger partial charge in [-0.05, 0) is 111 Å². The van der Waals surface area contributed by atoms with Gasteiger partial charge < -0.3 is 50.2 Å². The Balaban J connectivity index is 1.19. The van der Waals surface area contributed by atoms with Crippen LogP contribution in [0.4, 0.5) is 0 Å². The first-order chi connectivity index (χ1) is 22.7. The summed E-state index contributed by atoms with van der Waals surface area (Å²) in [5.74, 6) is 0.359. The third-order valence-corrected chi connectivity index (χ3v) is 16.5. The van der Waals surface area contributed by atoms with Gasteiger partial charge in [-0.25, -0.2) is 0 Å². The third kappa shape index (κ3) is 4.62. The molecule has 0 aromatic rings. The Morgan fingerprint density at radius 1 is 1.00 bits per heavy atom. The van der Waals surface area contributed by atoms with Gasteiger partial charge in [-0.2, -0.15) is 0 Å². The molecular weight excluding hydrogens is 630 g/mol. The van der Waals surface area contributed by atoms with Crippen LogP contribution in [0.3, 0.4) is 0 Å². The van der Waals surface area contributed by atoms with Gasteiger partial charge in [0.25, 0.3) is 0 Å². The van der Waals surface area contributed by atoms with Gasteiger partial charge in [0.05, 0.1) is 30.5 Å². The number of hydrogen-bond donors (Lipinski definition) is 6. The molecule has 2 spiro atoms. The van der Waals surface area contributed by atoms with Crippen LogP contribution >= 0.6 is 0 Å². The Morgan fingerprint density at radius 2 is 1.65 bits per heavy atom. The summed E-state index contributed by atoms with van der Waals surface area (Å²) < 4.78 is 24.8. The zero-order valence-electron chi connectivity index (χ0n) is 30.9. The summed E-state index contributed by atoms with van der Waals surface area (Å²) in [7, 11) is 0. The maximum Gasteiger partial charge on any atom is 0.303 e. The van der Waals surface area contributed by atoms with Crippen molar-refractivity contribution in [3.8, 4) is 0 Å². The Morgan fingerprint density at radius 3 is 2.29 bits per heavy atom. The van der Waals surface area contributed by atoms with Crippen LogP contribution in [0, 0.1) is 50.7 Å². The maximum atomic E-state index is 13.2. The first kappa shape index (κ1) is 36.5. The molecule has 0 radical (unpaired) electrons. The zero-order valence-corrected chi connectivity index (χ0v) is 30.9. The fourth-order valence-electron chi connectivity index (χ4n) is 14.2. The molecule has 280 valence electrons. The molecule has 2 saturated heterocycles. The van der Waals surface area contributed by atoms with E-state index in [1.165, 1.54) is 6.92 Å². The monoisotopic (exact) mass is 693 g/mol. The van der Waals surface area contributed by atoms with Gasteiger partial charge in [-0.15, -0.1) is 0 Å². The minimum atomic E-state index is -1.33. The lowest BCUT2D eigenvalue weighted by Gasteiger charge is -2.65. The number of aliphatic hydroxyl groups is 5. The van der Waals surface area contributed by atoms with Crippen molar-refractivity contribution in [2.75, 3.05) is 13.2 Å². The molecule has 7 aliphatic rings. The van der Waals surface area contributed by atoms with Gasteiger partial charge in [0.15, 0.2) is 12.4 Å². The van der Waals surface area contributed by atoms with Crippen molar-refractivity contribution >= 4 is 5.97 Å². The highest BCUT2D eigenvalue weighted by Crippen LogP contribution is 2.90. The highest BCUT2D eigenvalue weighted by atomic mass is 16.7. The second-order valence-corrected chi connectivity index (χ2v) is 19.2. The maximum absolute atomic E-state index is 13.2. The number of nitrogens with two attached hydrogens (primary N) is 1. The molecule has 7 rings (SSSR count). The molecule has 7 fully saturated rings. The molecule has 7 N–H and O–H groups in total. The highest BCUT2D eigenvalue weighted by Gasteiger charge is 2.87. The van der Waals surface area contributed by atoms with Crippen LogP contribution in [0.2, 0.25) is 0 Å². The standard InChI is InChI=1S/C38H63NO10/c1-19-15-22(29(33(5,6)44)47-20(2)40)48-30-26(19)34(7)13-14-37-17-36(37)12-11-25(49-31-28(43)27(42)21(41)16-46-31)32(3,4)23(36)9-10-24(37)35(34,8)38(30,45)18-39/h19,21-31,41-45H,9-18,39H2,1-8H3/t19-,21-,22-,23+,24+,25+,26?,27+,28-,29+,30?,31?,34-,35+,36-,37+,38+/m1/s1. The second kappa shape index (κ2) is 11.3. The molecule has 3 unspecified atom stereocenters. The number of ether oxygens (including phenoxy) is 4. The van der Waals surface area contributed by atoms with Crippen LogP contribution in [0.25, 0.3) is 0 Å². The minimum Gasteiger partial charge on any atom is -0.457 e. The van der Waals surface area contributed by atoms with Gasteiger partial charge in [-0.3, -0.25) is 4.79 Å². The average Bonchev–Trinajstić information content (AvgIpc) is 3.65. The summed E-state index contributed by atoms with van der Waals surface area (Å²) in [5, 5.41) is 55.2. The molecular formula is C38H63NO10. The number of carbonyl (C=O) groups is 1. The van der Waals surface area contributed by atoms with Crippen LogP contribution in [-0.4, -0.2) is 105 Å². The van der Waals surface area contributed by atoms with E-state index in [-0.39, 0.29) is 58.7 Å². The number of aliphatic hydroxyl groups excluding tert-OH is 3. The first-order valence-corrected chi connectivity index (χ1v) is 18.9. The lowest BCUT2D eigenvalue weighted by atomic mass is 9.40. The number of esters is 1. The fraction of sp³-hybridized carbons (Fsp3) is 0.974. The number of fused-ring (bicyclic) bond motifs is 4. The summed E-state index contributed by atoms with van der Waals surface area (Å²) >= 11 is 0. The van der Waals surface area contributed by atoms with E-state index >= 15 is 0 Å². The van der Waals surface area contributed by atoms with Crippen LogP contribution < -0.4 is 5.73 Å². The van der Waals surface area contributed by atoms with E-state index in [0.717, 1.165) is 44.9 Å². The van der Waals surface area contributed by atoms with E-state index in [1.807, 2.05) is 0 Å². The quantitative estimate of drug-likeness (QED) is 0.178. The lowest BCUT2D eigenvalue weighted by Crippen LogP contribution is -2.66. The van der Waals surface area contributed by atoms with E-state index in [9.17, 15) is 30.3 Å². The molecule has 5 aliphatic carbocycles. The van der Waals surface area contributed by atoms with E-state index in [0.29, 0.717) is 12.3 Å². The molecule has 5 saturated carbocycles. The smallest absolute Gasteiger partial charge is 0.303 e. The highest BCUT2D eigenvalue weighted by molar-refractivity contribution is 5.66. The first-order valence-electron chi connectivity index (χ1n) is 18.9. The molecule has 49 heavy (non-hydrogen) atoms. The van der Waals surface area contributed by atoms with E-state index in [2.05, 4.69) is 34.6 Å². The van der Waals surface area contributed by atoms with E-state index in [4.69, 9.17) is 24.7 Å². The van der Waals surface area contributed by atoms with Crippen LogP contribution in [-0.2, 0) is 23.7 Å².